The molecule has 4 nitrogen and oxygen atoms in total. The Labute approximate surface area is 95.2 Å². The molecule has 0 bridgehead atoms. The van der Waals surface area contributed by atoms with Gasteiger partial charge in [0.1, 0.15) is 0 Å². The number of amides is 2. The van der Waals surface area contributed by atoms with Gasteiger partial charge in [0.2, 0.25) is 11.8 Å². The molecule has 86 valence electrons. The van der Waals surface area contributed by atoms with Gasteiger partial charge in [-0.25, -0.2) is 0 Å². The van der Waals surface area contributed by atoms with Crippen LogP contribution in [-0.4, -0.2) is 23.3 Å². The maximum Gasteiger partial charge on any atom is 0.235 e. The molecule has 16 heavy (non-hydrogen) atoms. The number of hydrogen-bond acceptors (Lipinski definition) is 3. The lowest BCUT2D eigenvalue weighted by Gasteiger charge is -2.20. The van der Waals surface area contributed by atoms with E-state index in [1.54, 1.807) is 0 Å². The number of unbranched alkanes of at least 4 members (excludes halogenated alkanes) is 1. The van der Waals surface area contributed by atoms with Crippen LogP contribution in [0.5, 0.6) is 0 Å². The molecular weight excluding hydrogens is 204 g/mol. The molecule has 1 heterocycles. The molecule has 0 aromatic rings. The number of rotatable bonds is 3. The Balaban J connectivity index is 2.02. The maximum atomic E-state index is 12.2. The molecule has 0 atom stereocenters. The third kappa shape index (κ3) is 1.71. The Kier molecular flexibility index (Phi) is 2.95. The van der Waals surface area contributed by atoms with Gasteiger partial charge in [-0.15, -0.1) is 0 Å². The Bertz CT molecular complexity index is 351. The van der Waals surface area contributed by atoms with E-state index >= 15 is 0 Å². The first kappa shape index (κ1) is 11.1. The fourth-order valence-corrected chi connectivity index (χ4v) is 2.84. The number of likely N-dealkylation sites (tertiary alicyclic amines) is 1. The van der Waals surface area contributed by atoms with Gasteiger partial charge in [-0.2, -0.15) is 5.26 Å². The number of carbonyl (C=O) groups is 2. The molecule has 0 aromatic heterocycles. The summed E-state index contributed by atoms with van der Waals surface area (Å²) < 4.78 is 0. The molecule has 1 aliphatic heterocycles. The van der Waals surface area contributed by atoms with Crippen molar-refractivity contribution in [3.05, 3.63) is 0 Å². The SMILES string of the molecule is N#CCCCN1C(=O)CC2(CCCC2)C1=O. The van der Waals surface area contributed by atoms with Crippen molar-refractivity contribution in [1.29, 1.82) is 5.26 Å². The van der Waals surface area contributed by atoms with E-state index in [-0.39, 0.29) is 17.2 Å². The normalized spacial score (nSPS) is 23.1. The predicted octanol–water partition coefficient (Wildman–Crippen LogP) is 1.61. The molecule has 0 unspecified atom stereocenters. The molecule has 0 radical (unpaired) electrons. The van der Waals surface area contributed by atoms with E-state index in [9.17, 15) is 9.59 Å². The largest absolute Gasteiger partial charge is 0.282 e. The van der Waals surface area contributed by atoms with Gasteiger partial charge in [0.05, 0.1) is 11.5 Å². The Morgan fingerprint density at radius 1 is 1.31 bits per heavy atom. The van der Waals surface area contributed by atoms with E-state index in [0.29, 0.717) is 25.8 Å². The lowest BCUT2D eigenvalue weighted by atomic mass is 9.84. The Morgan fingerprint density at radius 3 is 2.62 bits per heavy atom. The average Bonchev–Trinajstić information content (AvgIpc) is 2.80. The average molecular weight is 220 g/mol. The van der Waals surface area contributed by atoms with Gasteiger partial charge in [-0.05, 0) is 19.3 Å². The van der Waals surface area contributed by atoms with Crippen molar-refractivity contribution in [1.82, 2.24) is 4.90 Å². The van der Waals surface area contributed by atoms with Crippen molar-refractivity contribution in [2.24, 2.45) is 5.41 Å². The Morgan fingerprint density at radius 2 is 2.00 bits per heavy atom. The molecular formula is C12H16N2O2. The van der Waals surface area contributed by atoms with Crippen molar-refractivity contribution in [2.75, 3.05) is 6.54 Å². The molecule has 1 aliphatic carbocycles. The highest BCUT2D eigenvalue weighted by Gasteiger charge is 2.52. The third-order valence-electron chi connectivity index (χ3n) is 3.72. The van der Waals surface area contributed by atoms with Crippen LogP contribution in [0.4, 0.5) is 0 Å². The number of carbonyl (C=O) groups excluding carboxylic acids is 2. The first-order valence-corrected chi connectivity index (χ1v) is 5.91. The van der Waals surface area contributed by atoms with Crippen LogP contribution in [0.15, 0.2) is 0 Å². The summed E-state index contributed by atoms with van der Waals surface area (Å²) in [6, 6.07) is 2.03. The van der Waals surface area contributed by atoms with Gasteiger partial charge in [0, 0.05) is 19.4 Å². The van der Waals surface area contributed by atoms with E-state index in [1.165, 1.54) is 4.90 Å². The summed E-state index contributed by atoms with van der Waals surface area (Å²) in [4.78, 5) is 25.3. The Hall–Kier alpha value is -1.37. The van der Waals surface area contributed by atoms with Crippen LogP contribution in [0.25, 0.3) is 0 Å². The van der Waals surface area contributed by atoms with Crippen LogP contribution in [0, 0.1) is 16.7 Å². The zero-order valence-corrected chi connectivity index (χ0v) is 9.37. The molecule has 2 rings (SSSR count). The van der Waals surface area contributed by atoms with Gasteiger partial charge in [-0.3, -0.25) is 14.5 Å². The van der Waals surface area contributed by atoms with E-state index in [2.05, 4.69) is 0 Å². The number of nitrogens with zero attached hydrogens (tertiary/aromatic N) is 2. The van der Waals surface area contributed by atoms with Gasteiger partial charge in [0.15, 0.2) is 0 Å². The smallest absolute Gasteiger partial charge is 0.235 e. The second-order valence-electron chi connectivity index (χ2n) is 4.78. The monoisotopic (exact) mass is 220 g/mol. The summed E-state index contributed by atoms with van der Waals surface area (Å²) >= 11 is 0. The highest BCUT2D eigenvalue weighted by atomic mass is 16.2. The highest BCUT2D eigenvalue weighted by Crippen LogP contribution is 2.46. The van der Waals surface area contributed by atoms with Gasteiger partial charge < -0.3 is 0 Å². The van der Waals surface area contributed by atoms with Crippen LogP contribution in [-0.2, 0) is 9.59 Å². The molecule has 2 fully saturated rings. The van der Waals surface area contributed by atoms with Crippen LogP contribution >= 0.6 is 0 Å². The van der Waals surface area contributed by atoms with Crippen molar-refractivity contribution < 1.29 is 9.59 Å². The van der Waals surface area contributed by atoms with Gasteiger partial charge in [-0.1, -0.05) is 12.8 Å². The van der Waals surface area contributed by atoms with Gasteiger partial charge >= 0.3 is 0 Å². The standard InChI is InChI=1S/C12H16N2O2/c13-7-3-4-8-14-10(15)9-12(11(14)16)5-1-2-6-12/h1-6,8-9H2. The minimum Gasteiger partial charge on any atom is -0.282 e. The molecule has 1 saturated carbocycles. The van der Waals surface area contributed by atoms with E-state index in [4.69, 9.17) is 5.26 Å². The van der Waals surface area contributed by atoms with Crippen LogP contribution in [0.1, 0.15) is 44.9 Å². The first-order chi connectivity index (χ1) is 7.69. The molecule has 2 amide bonds. The number of nitriles is 1. The summed E-state index contributed by atoms with van der Waals surface area (Å²) in [6.45, 7) is 0.424. The van der Waals surface area contributed by atoms with Gasteiger partial charge in [0.25, 0.3) is 0 Å². The second-order valence-corrected chi connectivity index (χ2v) is 4.78. The predicted molar refractivity (Wildman–Crippen MR) is 57.1 cm³/mol. The summed E-state index contributed by atoms with van der Waals surface area (Å²) in [5.74, 6) is -0.0159. The number of imide groups is 1. The third-order valence-corrected chi connectivity index (χ3v) is 3.72. The van der Waals surface area contributed by atoms with E-state index in [1.807, 2.05) is 6.07 Å². The zero-order chi connectivity index (χ0) is 11.6. The summed E-state index contributed by atoms with van der Waals surface area (Å²) in [5, 5.41) is 8.44. The zero-order valence-electron chi connectivity index (χ0n) is 9.37. The number of hydrogen-bond donors (Lipinski definition) is 0. The molecule has 0 N–H and O–H groups in total. The maximum absolute atomic E-state index is 12.2. The molecule has 2 aliphatic rings. The summed E-state index contributed by atoms with van der Waals surface area (Å²) in [5.41, 5.74) is -0.357. The molecule has 1 spiro atoms. The topological polar surface area (TPSA) is 61.2 Å². The van der Waals surface area contributed by atoms with Crippen LogP contribution in [0.3, 0.4) is 0 Å². The van der Waals surface area contributed by atoms with Crippen LogP contribution in [0.2, 0.25) is 0 Å². The second kappa shape index (κ2) is 4.25. The van der Waals surface area contributed by atoms with Crippen molar-refractivity contribution >= 4 is 11.8 Å². The quantitative estimate of drug-likeness (QED) is 0.536. The van der Waals surface area contributed by atoms with E-state index < -0.39 is 0 Å². The fraction of sp³-hybridized carbons (Fsp3) is 0.750. The van der Waals surface area contributed by atoms with E-state index in [0.717, 1.165) is 25.7 Å². The summed E-state index contributed by atoms with van der Waals surface area (Å²) in [6.07, 6.45) is 5.27. The fourth-order valence-electron chi connectivity index (χ4n) is 2.84. The summed E-state index contributed by atoms with van der Waals surface area (Å²) in [7, 11) is 0. The van der Waals surface area contributed by atoms with Crippen molar-refractivity contribution in [3.63, 3.8) is 0 Å². The molecule has 0 aromatic carbocycles. The van der Waals surface area contributed by atoms with Crippen molar-refractivity contribution in [2.45, 2.75) is 44.9 Å². The lowest BCUT2D eigenvalue weighted by molar-refractivity contribution is -0.141. The molecule has 4 heteroatoms. The van der Waals surface area contributed by atoms with Crippen LogP contribution < -0.4 is 0 Å². The first-order valence-electron chi connectivity index (χ1n) is 5.91. The van der Waals surface area contributed by atoms with Crippen molar-refractivity contribution in [3.8, 4) is 6.07 Å². The molecule has 1 saturated heterocycles. The highest BCUT2D eigenvalue weighted by molar-refractivity contribution is 6.06. The minimum atomic E-state index is -0.357. The minimum absolute atomic E-state index is 0.0212. The lowest BCUT2D eigenvalue weighted by Crippen LogP contribution is -2.35.